The molecule has 0 saturated carbocycles. The van der Waals surface area contributed by atoms with Gasteiger partial charge in [0, 0.05) is 5.92 Å². The maximum Gasteiger partial charge on any atom is 0.225 e. The fraction of sp³-hybridized carbons (Fsp3) is 0.385. The van der Waals surface area contributed by atoms with E-state index in [1.807, 2.05) is 4.57 Å². The van der Waals surface area contributed by atoms with Gasteiger partial charge in [0.05, 0.1) is 6.54 Å². The lowest BCUT2D eigenvalue weighted by Crippen LogP contribution is -2.06. The maximum absolute atomic E-state index is 6.06. The summed E-state index contributed by atoms with van der Waals surface area (Å²) in [5, 5.41) is 8.49. The molecule has 0 aliphatic rings. The van der Waals surface area contributed by atoms with Crippen LogP contribution < -0.4 is 0 Å². The molecule has 1 aromatic heterocycles. The number of hydrogen-bond donors (Lipinski definition) is 0. The molecule has 0 atom stereocenters. The van der Waals surface area contributed by atoms with Gasteiger partial charge in [0.2, 0.25) is 5.28 Å². The summed E-state index contributed by atoms with van der Waals surface area (Å²) in [6.45, 7) is 6.98. The topological polar surface area (TPSA) is 30.7 Å². The molecule has 0 fully saturated rings. The lowest BCUT2D eigenvalue weighted by Gasteiger charge is -2.10. The van der Waals surface area contributed by atoms with Crippen LogP contribution in [0.25, 0.3) is 0 Å². The monoisotopic (exact) mass is 249 g/mol. The molecule has 0 aliphatic carbocycles. The van der Waals surface area contributed by atoms with Crippen LogP contribution in [-0.2, 0) is 6.54 Å². The molecule has 90 valence electrons. The third-order valence-corrected chi connectivity index (χ3v) is 2.99. The quantitative estimate of drug-likeness (QED) is 0.835. The molecule has 0 amide bonds. The molecule has 0 bridgehead atoms. The zero-order chi connectivity index (χ0) is 12.4. The van der Waals surface area contributed by atoms with E-state index in [-0.39, 0.29) is 0 Å². The van der Waals surface area contributed by atoms with Gasteiger partial charge in [-0.1, -0.05) is 43.7 Å². The van der Waals surface area contributed by atoms with Gasteiger partial charge in [-0.25, -0.2) is 0 Å². The van der Waals surface area contributed by atoms with E-state index >= 15 is 0 Å². The molecule has 2 rings (SSSR count). The number of rotatable bonds is 3. The van der Waals surface area contributed by atoms with Crippen LogP contribution in [0.3, 0.4) is 0 Å². The van der Waals surface area contributed by atoms with Crippen LogP contribution in [0, 0.1) is 6.92 Å². The number of benzene rings is 1. The molecule has 0 saturated heterocycles. The summed E-state index contributed by atoms with van der Waals surface area (Å²) in [7, 11) is 0. The smallest absolute Gasteiger partial charge is 0.225 e. The third kappa shape index (κ3) is 2.67. The van der Waals surface area contributed by atoms with Gasteiger partial charge >= 0.3 is 0 Å². The second-order valence-corrected chi connectivity index (χ2v) is 4.89. The number of hydrogen-bond acceptors (Lipinski definition) is 2. The minimum atomic E-state index is 0.320. The van der Waals surface area contributed by atoms with Crippen LogP contribution in [0.15, 0.2) is 24.3 Å². The summed E-state index contributed by atoms with van der Waals surface area (Å²) in [5.74, 6) is 1.25. The molecule has 1 aromatic carbocycles. The molecular formula is C13H16ClN3. The van der Waals surface area contributed by atoms with E-state index in [1.54, 1.807) is 0 Å². The maximum atomic E-state index is 6.06. The Morgan fingerprint density at radius 1 is 1.18 bits per heavy atom. The van der Waals surface area contributed by atoms with Crippen molar-refractivity contribution in [2.75, 3.05) is 0 Å². The van der Waals surface area contributed by atoms with Gasteiger partial charge in [-0.2, -0.15) is 0 Å². The highest BCUT2D eigenvalue weighted by molar-refractivity contribution is 6.28. The predicted octanol–water partition coefficient (Wildman–Crippen LogP) is 3.41. The molecule has 3 nitrogen and oxygen atoms in total. The average Bonchev–Trinajstić information content (AvgIpc) is 2.64. The first kappa shape index (κ1) is 12.1. The highest BCUT2D eigenvalue weighted by Gasteiger charge is 2.13. The summed E-state index contributed by atoms with van der Waals surface area (Å²) >= 11 is 6.06. The van der Waals surface area contributed by atoms with Gasteiger partial charge in [0.25, 0.3) is 0 Å². The van der Waals surface area contributed by atoms with Crippen LogP contribution in [0.2, 0.25) is 5.28 Å². The van der Waals surface area contributed by atoms with E-state index in [4.69, 9.17) is 11.6 Å². The summed E-state index contributed by atoms with van der Waals surface area (Å²) < 4.78 is 1.96. The fourth-order valence-electron chi connectivity index (χ4n) is 1.74. The SMILES string of the molecule is Cc1ccc(Cn2c(Cl)nnc2C(C)C)cc1. The number of aryl methyl sites for hydroxylation is 1. The molecular weight excluding hydrogens is 234 g/mol. The number of halogens is 1. The van der Waals surface area contributed by atoms with E-state index in [0.717, 1.165) is 12.4 Å². The first-order valence-corrected chi connectivity index (χ1v) is 6.10. The molecule has 0 unspecified atom stereocenters. The zero-order valence-corrected chi connectivity index (χ0v) is 11.1. The van der Waals surface area contributed by atoms with Gasteiger partial charge in [-0.05, 0) is 24.1 Å². The van der Waals surface area contributed by atoms with Crippen molar-refractivity contribution in [1.29, 1.82) is 0 Å². The average molecular weight is 250 g/mol. The van der Waals surface area contributed by atoms with Crippen molar-refractivity contribution in [2.45, 2.75) is 33.2 Å². The Labute approximate surface area is 106 Å². The van der Waals surface area contributed by atoms with Gasteiger partial charge in [-0.15, -0.1) is 10.2 Å². The molecule has 0 aliphatic heterocycles. The number of nitrogens with zero attached hydrogens (tertiary/aromatic N) is 3. The lowest BCUT2D eigenvalue weighted by atomic mass is 10.1. The van der Waals surface area contributed by atoms with Crippen molar-refractivity contribution in [2.24, 2.45) is 0 Å². The van der Waals surface area contributed by atoms with Crippen molar-refractivity contribution in [3.8, 4) is 0 Å². The molecule has 1 heterocycles. The molecule has 17 heavy (non-hydrogen) atoms. The van der Waals surface area contributed by atoms with E-state index in [0.29, 0.717) is 11.2 Å². The minimum absolute atomic E-state index is 0.320. The van der Waals surface area contributed by atoms with Crippen LogP contribution >= 0.6 is 11.6 Å². The molecule has 2 aromatic rings. The molecule has 0 N–H and O–H groups in total. The van der Waals surface area contributed by atoms with Crippen LogP contribution in [-0.4, -0.2) is 14.8 Å². The van der Waals surface area contributed by atoms with E-state index in [9.17, 15) is 0 Å². The molecule has 0 spiro atoms. The highest BCUT2D eigenvalue weighted by Crippen LogP contribution is 2.18. The van der Waals surface area contributed by atoms with Gasteiger partial charge < -0.3 is 0 Å². The second-order valence-electron chi connectivity index (χ2n) is 4.55. The van der Waals surface area contributed by atoms with Crippen molar-refractivity contribution in [1.82, 2.24) is 14.8 Å². The Bertz CT molecular complexity index is 500. The number of aromatic nitrogens is 3. The van der Waals surface area contributed by atoms with Crippen LogP contribution in [0.1, 0.15) is 36.7 Å². The third-order valence-electron chi connectivity index (χ3n) is 2.71. The summed E-state index contributed by atoms with van der Waals surface area (Å²) in [5.41, 5.74) is 2.46. The Hall–Kier alpha value is -1.35. The highest BCUT2D eigenvalue weighted by atomic mass is 35.5. The first-order chi connectivity index (χ1) is 8.08. The Morgan fingerprint density at radius 3 is 2.41 bits per heavy atom. The minimum Gasteiger partial charge on any atom is -0.297 e. The standard InChI is InChI=1S/C13H16ClN3/c1-9(2)12-15-16-13(14)17(12)8-11-6-4-10(3)5-7-11/h4-7,9H,8H2,1-3H3. The second kappa shape index (κ2) is 4.88. The van der Waals surface area contributed by atoms with Crippen LogP contribution in [0.5, 0.6) is 0 Å². The van der Waals surface area contributed by atoms with E-state index in [2.05, 4.69) is 55.2 Å². The van der Waals surface area contributed by atoms with Crippen molar-refractivity contribution >= 4 is 11.6 Å². The summed E-state index contributed by atoms with van der Waals surface area (Å²) in [4.78, 5) is 0. The van der Waals surface area contributed by atoms with Crippen molar-refractivity contribution in [3.63, 3.8) is 0 Å². The van der Waals surface area contributed by atoms with Crippen molar-refractivity contribution in [3.05, 3.63) is 46.5 Å². The van der Waals surface area contributed by atoms with Crippen LogP contribution in [0.4, 0.5) is 0 Å². The largest absolute Gasteiger partial charge is 0.297 e. The van der Waals surface area contributed by atoms with Gasteiger partial charge in [0.1, 0.15) is 5.82 Å². The predicted molar refractivity (Wildman–Crippen MR) is 69.4 cm³/mol. The Balaban J connectivity index is 2.29. The summed E-state index contributed by atoms with van der Waals surface area (Å²) in [6, 6.07) is 8.41. The molecule has 0 radical (unpaired) electrons. The molecule has 4 heteroatoms. The first-order valence-electron chi connectivity index (χ1n) is 5.72. The van der Waals surface area contributed by atoms with Crippen molar-refractivity contribution < 1.29 is 0 Å². The normalized spacial score (nSPS) is 11.1. The zero-order valence-electron chi connectivity index (χ0n) is 10.3. The van der Waals surface area contributed by atoms with Gasteiger partial charge in [0.15, 0.2) is 0 Å². The summed E-state index contributed by atoms with van der Waals surface area (Å²) in [6.07, 6.45) is 0. The Morgan fingerprint density at radius 2 is 1.82 bits per heavy atom. The lowest BCUT2D eigenvalue weighted by molar-refractivity contribution is 0.669. The fourth-order valence-corrected chi connectivity index (χ4v) is 1.93. The van der Waals surface area contributed by atoms with E-state index < -0.39 is 0 Å². The van der Waals surface area contributed by atoms with Gasteiger partial charge in [-0.3, -0.25) is 4.57 Å². The Kier molecular flexibility index (Phi) is 3.48. The van der Waals surface area contributed by atoms with E-state index in [1.165, 1.54) is 11.1 Å².